The lowest BCUT2D eigenvalue weighted by Crippen LogP contribution is -2.31. The summed E-state index contributed by atoms with van der Waals surface area (Å²) in [5.74, 6) is -2.47. The Morgan fingerprint density at radius 1 is 1.12 bits per heavy atom. The van der Waals surface area contributed by atoms with Gasteiger partial charge in [-0.25, -0.2) is 14.8 Å². The van der Waals surface area contributed by atoms with Crippen LogP contribution in [0.3, 0.4) is 0 Å². The predicted molar refractivity (Wildman–Crippen MR) is 130 cm³/mol. The van der Waals surface area contributed by atoms with E-state index in [4.69, 9.17) is 4.74 Å². The Morgan fingerprint density at radius 3 is 2.41 bits per heavy atom. The third-order valence-electron chi connectivity index (χ3n) is 5.19. The van der Waals surface area contributed by atoms with Crippen molar-refractivity contribution in [3.05, 3.63) is 86.0 Å². The first kappa shape index (κ1) is 23.5. The molecule has 1 atom stereocenters. The Labute approximate surface area is 203 Å². The SMILES string of the molecule is C=CCOC(=O)c1sc(N2C(=O)C(O)=C(C(=O)c3sc(C)nc3C)C2c2ccccc2)nc1C. The molecule has 1 amide bonds. The average molecular weight is 496 g/mol. The zero-order valence-corrected chi connectivity index (χ0v) is 20.3. The van der Waals surface area contributed by atoms with Gasteiger partial charge in [0, 0.05) is 0 Å². The van der Waals surface area contributed by atoms with Crippen molar-refractivity contribution in [3.8, 4) is 0 Å². The van der Waals surface area contributed by atoms with Crippen LogP contribution < -0.4 is 4.90 Å². The summed E-state index contributed by atoms with van der Waals surface area (Å²) in [6.07, 6.45) is 1.45. The third kappa shape index (κ3) is 4.06. The summed E-state index contributed by atoms with van der Waals surface area (Å²) in [5, 5.41) is 11.8. The van der Waals surface area contributed by atoms with E-state index in [9.17, 15) is 19.5 Å². The van der Waals surface area contributed by atoms with Gasteiger partial charge in [0.05, 0.1) is 32.9 Å². The van der Waals surface area contributed by atoms with Gasteiger partial charge in [0.25, 0.3) is 5.91 Å². The Bertz CT molecular complexity index is 1340. The molecule has 0 radical (unpaired) electrons. The van der Waals surface area contributed by atoms with Crippen molar-refractivity contribution in [2.45, 2.75) is 26.8 Å². The summed E-state index contributed by atoms with van der Waals surface area (Å²) in [6, 6.07) is 7.98. The van der Waals surface area contributed by atoms with Crippen LogP contribution in [0.4, 0.5) is 5.13 Å². The van der Waals surface area contributed by atoms with Crippen molar-refractivity contribution >= 4 is 45.5 Å². The van der Waals surface area contributed by atoms with Gasteiger partial charge in [-0.05, 0) is 26.3 Å². The highest BCUT2D eigenvalue weighted by atomic mass is 32.1. The highest BCUT2D eigenvalue weighted by molar-refractivity contribution is 7.17. The highest BCUT2D eigenvalue weighted by Crippen LogP contribution is 2.44. The number of aromatic nitrogens is 2. The van der Waals surface area contributed by atoms with Gasteiger partial charge in [0.1, 0.15) is 11.5 Å². The Balaban J connectivity index is 1.82. The smallest absolute Gasteiger partial charge is 0.350 e. The molecule has 3 heterocycles. The molecular weight excluding hydrogens is 474 g/mol. The quantitative estimate of drug-likeness (QED) is 0.289. The summed E-state index contributed by atoms with van der Waals surface area (Å²) >= 11 is 2.17. The van der Waals surface area contributed by atoms with Gasteiger partial charge >= 0.3 is 5.97 Å². The molecule has 0 aliphatic carbocycles. The molecule has 1 unspecified atom stereocenters. The molecule has 1 N–H and O–H groups in total. The van der Waals surface area contributed by atoms with Crippen molar-refractivity contribution in [2.24, 2.45) is 0 Å². The van der Waals surface area contributed by atoms with Crippen LogP contribution in [0.25, 0.3) is 0 Å². The topological polar surface area (TPSA) is 110 Å². The number of aryl methyl sites for hydroxylation is 3. The first-order chi connectivity index (χ1) is 16.2. The van der Waals surface area contributed by atoms with Gasteiger partial charge in [-0.2, -0.15) is 0 Å². The monoisotopic (exact) mass is 495 g/mol. The van der Waals surface area contributed by atoms with Crippen molar-refractivity contribution in [1.82, 2.24) is 9.97 Å². The van der Waals surface area contributed by atoms with Crippen molar-refractivity contribution in [3.63, 3.8) is 0 Å². The molecule has 3 aromatic rings. The van der Waals surface area contributed by atoms with Gasteiger partial charge in [0.15, 0.2) is 10.9 Å². The normalized spacial score (nSPS) is 15.7. The minimum Gasteiger partial charge on any atom is -0.503 e. The van der Waals surface area contributed by atoms with E-state index in [0.717, 1.165) is 11.3 Å². The summed E-state index contributed by atoms with van der Waals surface area (Å²) in [6.45, 7) is 8.69. The maximum atomic E-state index is 13.6. The number of carbonyl (C=O) groups excluding carboxylic acids is 3. The lowest BCUT2D eigenvalue weighted by atomic mass is 9.95. The summed E-state index contributed by atoms with van der Waals surface area (Å²) in [7, 11) is 0. The Kier molecular flexibility index (Phi) is 6.45. The van der Waals surface area contributed by atoms with Crippen LogP contribution in [0.5, 0.6) is 0 Å². The standard InChI is InChI=1S/C24H21N3O5S2/c1-5-11-32-23(31)21-13(3)26-24(34-21)27-17(15-9-7-6-8-10-15)16(19(29)22(27)30)18(28)20-12(2)25-14(4)33-20/h5-10,17,29H,1,11H2,2-4H3. The molecule has 0 bridgehead atoms. The molecule has 0 spiro atoms. The zero-order valence-electron chi connectivity index (χ0n) is 18.7. The number of esters is 1. The van der Waals surface area contributed by atoms with Gasteiger partial charge in [-0.15, -0.1) is 11.3 Å². The number of benzene rings is 1. The Hall–Kier alpha value is -3.63. The number of carbonyl (C=O) groups is 3. The molecular formula is C24H21N3O5S2. The molecule has 1 aliphatic heterocycles. The summed E-state index contributed by atoms with van der Waals surface area (Å²) in [5.41, 5.74) is 1.47. The van der Waals surface area contributed by atoms with E-state index in [1.165, 1.54) is 22.3 Å². The second-order valence-corrected chi connectivity index (χ2v) is 9.71. The van der Waals surface area contributed by atoms with Gasteiger partial charge in [-0.3, -0.25) is 14.5 Å². The molecule has 10 heteroatoms. The van der Waals surface area contributed by atoms with Crippen molar-refractivity contribution in [1.29, 1.82) is 0 Å². The number of hydrogen-bond donors (Lipinski definition) is 1. The molecule has 8 nitrogen and oxygen atoms in total. The number of anilines is 1. The number of nitrogens with zero attached hydrogens (tertiary/aromatic N) is 3. The van der Waals surface area contributed by atoms with E-state index >= 15 is 0 Å². The lowest BCUT2D eigenvalue weighted by molar-refractivity contribution is -0.117. The molecule has 0 fully saturated rings. The second-order valence-electron chi connectivity index (χ2n) is 7.53. The zero-order chi connectivity index (χ0) is 24.6. The van der Waals surface area contributed by atoms with Gasteiger partial charge < -0.3 is 9.84 Å². The fraction of sp³-hybridized carbons (Fsp3) is 0.208. The average Bonchev–Trinajstić information content (AvgIpc) is 3.45. The molecule has 0 saturated heterocycles. The first-order valence-electron chi connectivity index (χ1n) is 10.3. The fourth-order valence-electron chi connectivity index (χ4n) is 3.72. The maximum absolute atomic E-state index is 13.6. The van der Waals surface area contributed by atoms with Crippen LogP contribution in [-0.4, -0.2) is 39.3 Å². The van der Waals surface area contributed by atoms with Crippen molar-refractivity contribution < 1.29 is 24.2 Å². The van der Waals surface area contributed by atoms with Gasteiger partial charge in [0.2, 0.25) is 5.78 Å². The number of amides is 1. The second kappa shape index (κ2) is 9.32. The van der Waals surface area contributed by atoms with E-state index in [1.807, 2.05) is 6.07 Å². The summed E-state index contributed by atoms with van der Waals surface area (Å²) in [4.78, 5) is 49.8. The van der Waals surface area contributed by atoms with Crippen LogP contribution in [0.2, 0.25) is 0 Å². The lowest BCUT2D eigenvalue weighted by Gasteiger charge is -2.24. The number of thiazole rings is 2. The van der Waals surface area contributed by atoms with E-state index in [0.29, 0.717) is 26.8 Å². The molecule has 1 aromatic carbocycles. The number of ketones is 1. The van der Waals surface area contributed by atoms with Gasteiger partial charge in [-0.1, -0.05) is 54.3 Å². The van der Waals surface area contributed by atoms with Crippen LogP contribution in [0.1, 0.15) is 47.3 Å². The van der Waals surface area contributed by atoms with E-state index in [-0.39, 0.29) is 22.2 Å². The molecule has 0 saturated carbocycles. The van der Waals surface area contributed by atoms with Crippen molar-refractivity contribution in [2.75, 3.05) is 11.5 Å². The first-order valence-corrected chi connectivity index (χ1v) is 11.9. The van der Waals surface area contributed by atoms with E-state index in [2.05, 4.69) is 16.5 Å². The molecule has 174 valence electrons. The number of rotatable bonds is 7. The number of Topliss-reactive ketones (excluding diaryl/α,β-unsaturated/α-hetero) is 1. The maximum Gasteiger partial charge on any atom is 0.350 e. The Morgan fingerprint density at radius 2 is 1.79 bits per heavy atom. The van der Waals surface area contributed by atoms with E-state index in [1.54, 1.807) is 45.0 Å². The number of aliphatic hydroxyl groups excluding tert-OH is 1. The largest absolute Gasteiger partial charge is 0.503 e. The van der Waals surface area contributed by atoms with Crippen LogP contribution in [-0.2, 0) is 9.53 Å². The minimum absolute atomic E-state index is 0.0371. The molecule has 2 aromatic heterocycles. The van der Waals surface area contributed by atoms with Crippen LogP contribution in [0, 0.1) is 20.8 Å². The number of ether oxygens (including phenoxy) is 1. The van der Waals surface area contributed by atoms with Crippen LogP contribution in [0.15, 0.2) is 54.3 Å². The third-order valence-corrected chi connectivity index (χ3v) is 7.40. The minimum atomic E-state index is -0.925. The van der Waals surface area contributed by atoms with E-state index < -0.39 is 29.5 Å². The number of hydrogen-bond acceptors (Lipinski definition) is 9. The van der Waals surface area contributed by atoms with Crippen LogP contribution >= 0.6 is 22.7 Å². The highest BCUT2D eigenvalue weighted by Gasteiger charge is 2.46. The predicted octanol–water partition coefficient (Wildman–Crippen LogP) is 4.65. The molecule has 34 heavy (non-hydrogen) atoms. The molecule has 4 rings (SSSR count). The summed E-state index contributed by atoms with van der Waals surface area (Å²) < 4.78 is 5.12. The molecule has 1 aliphatic rings. The number of aliphatic hydroxyl groups is 1. The fourth-order valence-corrected chi connectivity index (χ4v) is 5.59.